The Labute approximate surface area is 82.1 Å². The van der Waals surface area contributed by atoms with Gasteiger partial charge in [-0.3, -0.25) is 0 Å². The molecule has 69 valence electrons. The van der Waals surface area contributed by atoms with Gasteiger partial charge in [-0.1, -0.05) is 19.1 Å². The molecule has 13 heavy (non-hydrogen) atoms. The van der Waals surface area contributed by atoms with E-state index in [1.807, 2.05) is 16.7 Å². The Kier molecular flexibility index (Phi) is 3.63. The van der Waals surface area contributed by atoms with Crippen LogP contribution in [0, 0.1) is 12.7 Å². The number of aryl methyl sites for hydroxylation is 1. The highest BCUT2D eigenvalue weighted by Gasteiger charge is 2.00. The van der Waals surface area contributed by atoms with Gasteiger partial charge in [0.2, 0.25) is 0 Å². The van der Waals surface area contributed by atoms with Crippen LogP contribution in [0.25, 0.3) is 0 Å². The van der Waals surface area contributed by atoms with E-state index in [0.29, 0.717) is 5.56 Å². The third kappa shape index (κ3) is 2.93. The van der Waals surface area contributed by atoms with E-state index in [1.54, 1.807) is 6.92 Å². The summed E-state index contributed by atoms with van der Waals surface area (Å²) in [6, 6.07) is 5.20. The Morgan fingerprint density at radius 2 is 2.15 bits per heavy atom. The number of halogens is 1. The standard InChI is InChI=1S/C10H13FNSi/c1-3-12(13)7-9-4-5-10(11)8(2)6-9/h4-6H,3,7H2,1-2H3. The summed E-state index contributed by atoms with van der Waals surface area (Å²) in [4.78, 5) is 0. The van der Waals surface area contributed by atoms with E-state index in [0.717, 1.165) is 18.7 Å². The van der Waals surface area contributed by atoms with Crippen LogP contribution in [-0.4, -0.2) is 21.5 Å². The molecular weight excluding hydrogens is 181 g/mol. The molecule has 0 fully saturated rings. The molecule has 0 aromatic heterocycles. The first-order valence-corrected chi connectivity index (χ1v) is 4.79. The average Bonchev–Trinajstić information content (AvgIpc) is 2.11. The first-order chi connectivity index (χ1) is 6.13. The molecule has 1 rings (SSSR count). The minimum absolute atomic E-state index is 0.138. The molecule has 0 spiro atoms. The fourth-order valence-electron chi connectivity index (χ4n) is 1.14. The van der Waals surface area contributed by atoms with Crippen LogP contribution in [-0.2, 0) is 6.54 Å². The zero-order valence-corrected chi connectivity index (χ0v) is 8.97. The first-order valence-electron chi connectivity index (χ1n) is 4.34. The maximum Gasteiger partial charge on any atom is 0.143 e. The van der Waals surface area contributed by atoms with Crippen LogP contribution < -0.4 is 0 Å². The van der Waals surface area contributed by atoms with Crippen LogP contribution in [0.4, 0.5) is 4.39 Å². The zero-order chi connectivity index (χ0) is 9.84. The van der Waals surface area contributed by atoms with Gasteiger partial charge in [0, 0.05) is 6.54 Å². The van der Waals surface area contributed by atoms with Gasteiger partial charge in [-0.05, 0) is 30.7 Å². The molecule has 0 heterocycles. The summed E-state index contributed by atoms with van der Waals surface area (Å²) in [5.41, 5.74) is 1.82. The van der Waals surface area contributed by atoms with Crippen molar-refractivity contribution in [2.75, 3.05) is 6.54 Å². The van der Waals surface area contributed by atoms with Crippen molar-refractivity contribution >= 4 is 10.4 Å². The fraction of sp³-hybridized carbons (Fsp3) is 0.400. The first kappa shape index (κ1) is 10.4. The van der Waals surface area contributed by atoms with Crippen molar-refractivity contribution in [3.63, 3.8) is 0 Å². The Morgan fingerprint density at radius 1 is 1.46 bits per heavy atom. The number of nitrogens with zero attached hydrogens (tertiary/aromatic N) is 1. The van der Waals surface area contributed by atoms with E-state index in [1.165, 1.54) is 6.07 Å². The smallest absolute Gasteiger partial charge is 0.143 e. The van der Waals surface area contributed by atoms with E-state index < -0.39 is 0 Å². The lowest BCUT2D eigenvalue weighted by Crippen LogP contribution is -2.18. The minimum atomic E-state index is -0.138. The van der Waals surface area contributed by atoms with Gasteiger partial charge in [-0.15, -0.1) is 0 Å². The van der Waals surface area contributed by atoms with Crippen LogP contribution in [0.2, 0.25) is 0 Å². The molecule has 0 aliphatic heterocycles. The fourth-order valence-corrected chi connectivity index (χ4v) is 1.32. The lowest BCUT2D eigenvalue weighted by Gasteiger charge is -2.13. The molecule has 0 aliphatic carbocycles. The summed E-state index contributed by atoms with van der Waals surface area (Å²) in [7, 11) is 3.45. The van der Waals surface area contributed by atoms with E-state index in [4.69, 9.17) is 0 Å². The van der Waals surface area contributed by atoms with E-state index in [-0.39, 0.29) is 5.82 Å². The van der Waals surface area contributed by atoms with Gasteiger partial charge in [-0.25, -0.2) is 4.39 Å². The lowest BCUT2D eigenvalue weighted by molar-refractivity contribution is 0.473. The lowest BCUT2D eigenvalue weighted by atomic mass is 10.1. The molecule has 1 aromatic rings. The Bertz CT molecular complexity index is 288. The highest BCUT2D eigenvalue weighted by Crippen LogP contribution is 2.10. The molecule has 3 radical (unpaired) electrons. The molecule has 0 saturated carbocycles. The van der Waals surface area contributed by atoms with Crippen molar-refractivity contribution < 1.29 is 4.39 Å². The molecule has 0 atom stereocenters. The third-order valence-corrected chi connectivity index (χ3v) is 2.45. The van der Waals surface area contributed by atoms with Gasteiger partial charge in [0.25, 0.3) is 0 Å². The topological polar surface area (TPSA) is 3.24 Å². The highest BCUT2D eigenvalue weighted by molar-refractivity contribution is 6.04. The Balaban J connectivity index is 2.73. The molecule has 0 unspecified atom stereocenters. The molecule has 0 bridgehead atoms. The third-order valence-electron chi connectivity index (χ3n) is 1.98. The van der Waals surface area contributed by atoms with Crippen LogP contribution >= 0.6 is 0 Å². The Morgan fingerprint density at radius 3 is 2.69 bits per heavy atom. The molecule has 0 amide bonds. The number of hydrogen-bond donors (Lipinski definition) is 0. The molecule has 0 saturated heterocycles. The highest BCUT2D eigenvalue weighted by atomic mass is 28.2. The predicted octanol–water partition coefficient (Wildman–Crippen LogP) is 2.04. The normalized spacial score (nSPS) is 10.8. The number of benzene rings is 1. The van der Waals surface area contributed by atoms with Crippen molar-refractivity contribution in [3.8, 4) is 0 Å². The predicted molar refractivity (Wildman–Crippen MR) is 53.0 cm³/mol. The summed E-state index contributed by atoms with van der Waals surface area (Å²) >= 11 is 0. The van der Waals surface area contributed by atoms with Crippen LogP contribution in [0.5, 0.6) is 0 Å². The van der Waals surface area contributed by atoms with E-state index >= 15 is 0 Å². The summed E-state index contributed by atoms with van der Waals surface area (Å²) in [5, 5.41) is 0. The molecule has 3 heteroatoms. The van der Waals surface area contributed by atoms with Crippen LogP contribution in [0.1, 0.15) is 18.1 Å². The van der Waals surface area contributed by atoms with Gasteiger partial charge in [-0.2, -0.15) is 0 Å². The second kappa shape index (κ2) is 4.53. The second-order valence-corrected chi connectivity index (χ2v) is 3.73. The van der Waals surface area contributed by atoms with Gasteiger partial charge >= 0.3 is 0 Å². The maximum absolute atomic E-state index is 12.9. The molecule has 0 aliphatic rings. The minimum Gasteiger partial charge on any atom is -0.323 e. The van der Waals surface area contributed by atoms with E-state index in [9.17, 15) is 4.39 Å². The summed E-state index contributed by atoms with van der Waals surface area (Å²) in [5.74, 6) is -0.138. The Hall–Kier alpha value is -0.673. The number of hydrogen-bond acceptors (Lipinski definition) is 1. The average molecular weight is 194 g/mol. The van der Waals surface area contributed by atoms with Crippen molar-refractivity contribution in [3.05, 3.63) is 35.1 Å². The largest absolute Gasteiger partial charge is 0.323 e. The van der Waals surface area contributed by atoms with E-state index in [2.05, 4.69) is 17.3 Å². The van der Waals surface area contributed by atoms with Gasteiger partial charge < -0.3 is 4.57 Å². The number of rotatable bonds is 3. The molecular formula is C10H13FNSi. The van der Waals surface area contributed by atoms with Crippen molar-refractivity contribution in [1.82, 2.24) is 4.57 Å². The van der Waals surface area contributed by atoms with Crippen molar-refractivity contribution in [2.24, 2.45) is 0 Å². The van der Waals surface area contributed by atoms with Crippen molar-refractivity contribution in [1.29, 1.82) is 0 Å². The summed E-state index contributed by atoms with van der Waals surface area (Å²) in [6.07, 6.45) is 0. The molecule has 1 nitrogen and oxygen atoms in total. The SMILES string of the molecule is CCN([Si])Cc1ccc(F)c(C)c1. The quantitative estimate of drug-likeness (QED) is 0.666. The molecule has 0 N–H and O–H groups in total. The van der Waals surface area contributed by atoms with Crippen molar-refractivity contribution in [2.45, 2.75) is 20.4 Å². The van der Waals surface area contributed by atoms with Gasteiger partial charge in [0.05, 0.1) is 0 Å². The van der Waals surface area contributed by atoms with Gasteiger partial charge in [0.15, 0.2) is 0 Å². The molecule has 1 aromatic carbocycles. The summed E-state index contributed by atoms with van der Waals surface area (Å²) < 4.78 is 14.9. The second-order valence-electron chi connectivity index (χ2n) is 3.10. The van der Waals surface area contributed by atoms with Crippen LogP contribution in [0.3, 0.4) is 0 Å². The summed E-state index contributed by atoms with van der Waals surface area (Å²) in [6.45, 7) is 5.56. The monoisotopic (exact) mass is 194 g/mol. The maximum atomic E-state index is 12.9. The van der Waals surface area contributed by atoms with Gasteiger partial charge in [0.1, 0.15) is 16.2 Å². The zero-order valence-electron chi connectivity index (χ0n) is 7.97. The van der Waals surface area contributed by atoms with Crippen LogP contribution in [0.15, 0.2) is 18.2 Å².